The number of halogens is 1. The van der Waals surface area contributed by atoms with Gasteiger partial charge >= 0.3 is 0 Å². The first-order chi connectivity index (χ1) is 8.19. The van der Waals surface area contributed by atoms with Crippen LogP contribution in [0.2, 0.25) is 0 Å². The first-order valence-electron chi connectivity index (χ1n) is 5.66. The molecule has 1 fully saturated rings. The average molecular weight is 274 g/mol. The standard InChI is InChI=1S/C11H16ClN3OS/c1-9-8-17-10(13-9)7-14-2-4-15(5-3-14)11(16)6-12/h8H,2-7H2,1H3. The molecule has 0 aliphatic carbocycles. The molecule has 1 amide bonds. The molecule has 1 saturated heterocycles. The van der Waals surface area contributed by atoms with E-state index in [1.54, 1.807) is 11.3 Å². The first-order valence-corrected chi connectivity index (χ1v) is 7.07. The molecule has 1 aliphatic heterocycles. The number of piperazine rings is 1. The molecule has 6 heteroatoms. The van der Waals surface area contributed by atoms with Crippen LogP contribution in [0.25, 0.3) is 0 Å². The Morgan fingerprint density at radius 1 is 1.47 bits per heavy atom. The van der Waals surface area contributed by atoms with Gasteiger partial charge in [-0.25, -0.2) is 4.98 Å². The van der Waals surface area contributed by atoms with Crippen molar-refractivity contribution in [1.29, 1.82) is 0 Å². The number of thiazole rings is 1. The summed E-state index contributed by atoms with van der Waals surface area (Å²) in [4.78, 5) is 20.0. The SMILES string of the molecule is Cc1csc(CN2CCN(C(=O)CCl)CC2)n1. The van der Waals surface area contributed by atoms with Gasteiger partial charge in [0.05, 0.1) is 6.54 Å². The minimum atomic E-state index is 0.0383. The van der Waals surface area contributed by atoms with Crippen LogP contribution in [-0.4, -0.2) is 52.8 Å². The molecule has 1 aliphatic rings. The Kier molecular flexibility index (Phi) is 4.36. The third-order valence-corrected chi connectivity index (χ3v) is 4.04. The van der Waals surface area contributed by atoms with Gasteiger partial charge in [0.1, 0.15) is 10.9 Å². The molecule has 0 radical (unpaired) electrons. The van der Waals surface area contributed by atoms with Crippen molar-refractivity contribution >= 4 is 28.8 Å². The van der Waals surface area contributed by atoms with E-state index in [0.29, 0.717) is 0 Å². The lowest BCUT2D eigenvalue weighted by Gasteiger charge is -2.33. The molecule has 0 aromatic carbocycles. The Bertz CT molecular complexity index is 388. The smallest absolute Gasteiger partial charge is 0.237 e. The van der Waals surface area contributed by atoms with Crippen molar-refractivity contribution in [3.8, 4) is 0 Å². The second kappa shape index (κ2) is 5.80. The van der Waals surface area contributed by atoms with Crippen molar-refractivity contribution in [3.63, 3.8) is 0 Å². The fraction of sp³-hybridized carbons (Fsp3) is 0.636. The number of alkyl halides is 1. The summed E-state index contributed by atoms with van der Waals surface area (Å²) in [5.74, 6) is 0.127. The Balaban J connectivity index is 1.81. The summed E-state index contributed by atoms with van der Waals surface area (Å²) in [5, 5.41) is 3.22. The summed E-state index contributed by atoms with van der Waals surface area (Å²) >= 11 is 7.24. The van der Waals surface area contributed by atoms with Gasteiger partial charge in [0.25, 0.3) is 0 Å². The van der Waals surface area contributed by atoms with Gasteiger partial charge in [-0.05, 0) is 6.92 Å². The molecular weight excluding hydrogens is 258 g/mol. The second-order valence-electron chi connectivity index (χ2n) is 4.17. The number of aryl methyl sites for hydroxylation is 1. The minimum absolute atomic E-state index is 0.0383. The van der Waals surface area contributed by atoms with E-state index in [2.05, 4.69) is 15.3 Å². The van der Waals surface area contributed by atoms with Gasteiger partial charge in [-0.1, -0.05) is 0 Å². The monoisotopic (exact) mass is 273 g/mol. The molecule has 1 aromatic rings. The normalized spacial score (nSPS) is 17.4. The maximum atomic E-state index is 11.4. The molecule has 1 aromatic heterocycles. The molecule has 94 valence electrons. The zero-order valence-electron chi connectivity index (χ0n) is 9.86. The zero-order chi connectivity index (χ0) is 12.3. The zero-order valence-corrected chi connectivity index (χ0v) is 11.4. The van der Waals surface area contributed by atoms with Crippen molar-refractivity contribution in [2.75, 3.05) is 32.1 Å². The average Bonchev–Trinajstić information content (AvgIpc) is 2.75. The van der Waals surface area contributed by atoms with Gasteiger partial charge in [-0.15, -0.1) is 22.9 Å². The van der Waals surface area contributed by atoms with Crippen molar-refractivity contribution in [3.05, 3.63) is 16.1 Å². The van der Waals surface area contributed by atoms with E-state index >= 15 is 0 Å². The number of carbonyl (C=O) groups excluding carboxylic acids is 1. The number of nitrogens with zero attached hydrogens (tertiary/aromatic N) is 3. The third kappa shape index (κ3) is 3.40. The second-order valence-corrected chi connectivity index (χ2v) is 5.38. The van der Waals surface area contributed by atoms with Crippen molar-refractivity contribution in [2.45, 2.75) is 13.5 Å². The first kappa shape index (κ1) is 12.8. The van der Waals surface area contributed by atoms with Crippen molar-refractivity contribution < 1.29 is 4.79 Å². The molecule has 0 saturated carbocycles. The number of hydrogen-bond donors (Lipinski definition) is 0. The highest BCUT2D eigenvalue weighted by molar-refractivity contribution is 7.09. The van der Waals surface area contributed by atoms with Crippen LogP contribution >= 0.6 is 22.9 Å². The van der Waals surface area contributed by atoms with E-state index in [0.717, 1.165) is 43.4 Å². The lowest BCUT2D eigenvalue weighted by Crippen LogP contribution is -2.48. The van der Waals surface area contributed by atoms with E-state index in [9.17, 15) is 4.79 Å². The summed E-state index contributed by atoms with van der Waals surface area (Å²) < 4.78 is 0. The van der Waals surface area contributed by atoms with E-state index in [-0.39, 0.29) is 11.8 Å². The Morgan fingerprint density at radius 2 is 2.18 bits per heavy atom. The van der Waals surface area contributed by atoms with Crippen LogP contribution in [0.4, 0.5) is 0 Å². The topological polar surface area (TPSA) is 36.4 Å². The Morgan fingerprint density at radius 3 is 2.71 bits per heavy atom. The van der Waals surface area contributed by atoms with E-state index in [4.69, 9.17) is 11.6 Å². The van der Waals surface area contributed by atoms with Gasteiger partial charge in [0.15, 0.2) is 0 Å². The summed E-state index contributed by atoms with van der Waals surface area (Å²) in [5.41, 5.74) is 1.08. The number of rotatable bonds is 3. The van der Waals surface area contributed by atoms with E-state index < -0.39 is 0 Å². The lowest BCUT2D eigenvalue weighted by atomic mass is 10.3. The van der Waals surface area contributed by atoms with Crippen molar-refractivity contribution in [2.24, 2.45) is 0 Å². The molecule has 0 atom stereocenters. The van der Waals surface area contributed by atoms with Gasteiger partial charge in [-0.2, -0.15) is 0 Å². The molecule has 0 bridgehead atoms. The maximum absolute atomic E-state index is 11.4. The molecule has 2 rings (SSSR count). The molecule has 0 N–H and O–H groups in total. The number of aromatic nitrogens is 1. The summed E-state index contributed by atoms with van der Waals surface area (Å²) in [6, 6.07) is 0. The van der Waals surface area contributed by atoms with E-state index in [1.807, 2.05) is 11.8 Å². The van der Waals surface area contributed by atoms with Crippen LogP contribution in [0.15, 0.2) is 5.38 Å². The highest BCUT2D eigenvalue weighted by Crippen LogP contribution is 2.13. The van der Waals surface area contributed by atoms with Crippen molar-refractivity contribution in [1.82, 2.24) is 14.8 Å². The predicted octanol–water partition coefficient (Wildman–Crippen LogP) is 1.33. The Labute approximate surface area is 110 Å². The highest BCUT2D eigenvalue weighted by Gasteiger charge is 2.20. The lowest BCUT2D eigenvalue weighted by molar-refractivity contribution is -0.130. The molecule has 4 nitrogen and oxygen atoms in total. The number of amides is 1. The maximum Gasteiger partial charge on any atom is 0.237 e. The highest BCUT2D eigenvalue weighted by atomic mass is 35.5. The molecule has 17 heavy (non-hydrogen) atoms. The summed E-state index contributed by atoms with van der Waals surface area (Å²) in [6.07, 6.45) is 0. The van der Waals surface area contributed by atoms with Crippen LogP contribution in [0.5, 0.6) is 0 Å². The van der Waals surface area contributed by atoms with Crippen LogP contribution in [0.1, 0.15) is 10.7 Å². The fourth-order valence-corrected chi connectivity index (χ4v) is 2.89. The van der Waals surface area contributed by atoms with Crippen LogP contribution in [0.3, 0.4) is 0 Å². The predicted molar refractivity (Wildman–Crippen MR) is 69.4 cm³/mol. The summed E-state index contributed by atoms with van der Waals surface area (Å²) in [6.45, 7) is 6.26. The van der Waals surface area contributed by atoms with E-state index in [1.165, 1.54) is 0 Å². The summed E-state index contributed by atoms with van der Waals surface area (Å²) in [7, 11) is 0. The molecule has 0 unspecified atom stereocenters. The largest absolute Gasteiger partial charge is 0.339 e. The molecule has 2 heterocycles. The molecule has 0 spiro atoms. The van der Waals surface area contributed by atoms with Gasteiger partial charge in [0.2, 0.25) is 5.91 Å². The number of hydrogen-bond acceptors (Lipinski definition) is 4. The van der Waals surface area contributed by atoms with Gasteiger partial charge < -0.3 is 4.90 Å². The van der Waals surface area contributed by atoms with Gasteiger partial charge in [0, 0.05) is 37.3 Å². The minimum Gasteiger partial charge on any atom is -0.339 e. The van der Waals surface area contributed by atoms with Crippen LogP contribution < -0.4 is 0 Å². The van der Waals surface area contributed by atoms with Crippen LogP contribution in [-0.2, 0) is 11.3 Å². The fourth-order valence-electron chi connectivity index (χ4n) is 1.91. The van der Waals surface area contributed by atoms with Crippen LogP contribution in [0, 0.1) is 6.92 Å². The number of carbonyl (C=O) groups is 1. The third-order valence-electron chi connectivity index (χ3n) is 2.86. The Hall–Kier alpha value is -0.650. The van der Waals surface area contributed by atoms with Gasteiger partial charge in [-0.3, -0.25) is 9.69 Å². The quantitative estimate of drug-likeness (QED) is 0.780. The molecular formula is C11H16ClN3OS.